The number of benzene rings is 1. The average molecular weight is 260 g/mol. The number of hydrogen-bond donors (Lipinski definition) is 1. The minimum absolute atomic E-state index is 0.0579. The molecule has 0 aliphatic carbocycles. The SMILES string of the molecule is O=C(CC1COC1)Nc1cc(Cl)ccc1Cl. The van der Waals surface area contributed by atoms with Crippen LogP contribution < -0.4 is 5.32 Å². The third kappa shape index (κ3) is 2.88. The van der Waals surface area contributed by atoms with E-state index in [4.69, 9.17) is 27.9 Å². The highest BCUT2D eigenvalue weighted by molar-refractivity contribution is 6.35. The van der Waals surface area contributed by atoms with E-state index >= 15 is 0 Å². The maximum Gasteiger partial charge on any atom is 0.224 e. The first-order chi connectivity index (χ1) is 7.65. The molecule has 1 aromatic rings. The van der Waals surface area contributed by atoms with E-state index in [0.717, 1.165) is 0 Å². The van der Waals surface area contributed by atoms with Crippen LogP contribution in [0.15, 0.2) is 18.2 Å². The highest BCUT2D eigenvalue weighted by Gasteiger charge is 2.21. The van der Waals surface area contributed by atoms with Gasteiger partial charge in [-0.1, -0.05) is 23.2 Å². The Morgan fingerprint density at radius 1 is 1.44 bits per heavy atom. The molecule has 0 saturated carbocycles. The van der Waals surface area contributed by atoms with Crippen molar-refractivity contribution in [2.24, 2.45) is 5.92 Å². The maximum absolute atomic E-state index is 11.6. The van der Waals surface area contributed by atoms with Gasteiger partial charge in [0.2, 0.25) is 5.91 Å². The van der Waals surface area contributed by atoms with Gasteiger partial charge in [-0.05, 0) is 18.2 Å². The van der Waals surface area contributed by atoms with Crippen LogP contribution >= 0.6 is 23.2 Å². The van der Waals surface area contributed by atoms with Crippen molar-refractivity contribution in [3.05, 3.63) is 28.2 Å². The quantitative estimate of drug-likeness (QED) is 0.907. The average Bonchev–Trinajstić information content (AvgIpc) is 2.18. The lowest BCUT2D eigenvalue weighted by Gasteiger charge is -2.25. The minimum Gasteiger partial charge on any atom is -0.381 e. The molecule has 1 N–H and O–H groups in total. The van der Waals surface area contributed by atoms with Gasteiger partial charge in [0.05, 0.1) is 23.9 Å². The van der Waals surface area contributed by atoms with Crippen molar-refractivity contribution >= 4 is 34.8 Å². The fourth-order valence-corrected chi connectivity index (χ4v) is 1.80. The van der Waals surface area contributed by atoms with E-state index in [1.165, 1.54) is 0 Å². The Kier molecular flexibility index (Phi) is 3.69. The molecule has 1 aromatic carbocycles. The monoisotopic (exact) mass is 259 g/mol. The van der Waals surface area contributed by atoms with E-state index in [9.17, 15) is 4.79 Å². The van der Waals surface area contributed by atoms with Crippen molar-refractivity contribution in [2.75, 3.05) is 18.5 Å². The lowest BCUT2D eigenvalue weighted by Crippen LogP contribution is -2.31. The molecular weight excluding hydrogens is 249 g/mol. The van der Waals surface area contributed by atoms with Crippen molar-refractivity contribution in [3.8, 4) is 0 Å². The Morgan fingerprint density at radius 3 is 2.81 bits per heavy atom. The zero-order valence-electron chi connectivity index (χ0n) is 8.50. The zero-order valence-corrected chi connectivity index (χ0v) is 10.0. The highest BCUT2D eigenvalue weighted by atomic mass is 35.5. The number of carbonyl (C=O) groups is 1. The van der Waals surface area contributed by atoms with Crippen LogP contribution in [0.25, 0.3) is 0 Å². The first-order valence-corrected chi connectivity index (χ1v) is 5.73. The largest absolute Gasteiger partial charge is 0.381 e. The smallest absolute Gasteiger partial charge is 0.224 e. The molecule has 1 heterocycles. The highest BCUT2D eigenvalue weighted by Crippen LogP contribution is 2.26. The number of hydrogen-bond acceptors (Lipinski definition) is 2. The van der Waals surface area contributed by atoms with Crippen molar-refractivity contribution in [2.45, 2.75) is 6.42 Å². The zero-order chi connectivity index (χ0) is 11.5. The number of amides is 1. The maximum atomic E-state index is 11.6. The molecule has 5 heteroatoms. The number of rotatable bonds is 3. The lowest BCUT2D eigenvalue weighted by molar-refractivity contribution is -0.121. The third-order valence-electron chi connectivity index (χ3n) is 2.38. The number of halogens is 2. The van der Waals surface area contributed by atoms with Crippen molar-refractivity contribution in [3.63, 3.8) is 0 Å². The molecule has 86 valence electrons. The van der Waals surface area contributed by atoms with E-state index < -0.39 is 0 Å². The van der Waals surface area contributed by atoms with Gasteiger partial charge in [-0.3, -0.25) is 4.79 Å². The summed E-state index contributed by atoms with van der Waals surface area (Å²) in [6.07, 6.45) is 0.461. The Hall–Kier alpha value is -0.770. The van der Waals surface area contributed by atoms with Crippen LogP contribution in [0.3, 0.4) is 0 Å². The number of carbonyl (C=O) groups excluding carboxylic acids is 1. The Labute approximate surface area is 104 Å². The van der Waals surface area contributed by atoms with Crippen LogP contribution in [-0.2, 0) is 9.53 Å². The molecule has 16 heavy (non-hydrogen) atoms. The summed E-state index contributed by atoms with van der Waals surface area (Å²) in [5.74, 6) is 0.274. The number of anilines is 1. The van der Waals surface area contributed by atoms with Crippen LogP contribution in [0.4, 0.5) is 5.69 Å². The van der Waals surface area contributed by atoms with Crippen LogP contribution in [0, 0.1) is 5.92 Å². The van der Waals surface area contributed by atoms with Gasteiger partial charge in [0.15, 0.2) is 0 Å². The van der Waals surface area contributed by atoms with E-state index in [1.807, 2.05) is 0 Å². The summed E-state index contributed by atoms with van der Waals surface area (Å²) in [5.41, 5.74) is 0.555. The molecule has 1 saturated heterocycles. The molecule has 1 aliphatic heterocycles. The van der Waals surface area contributed by atoms with Gasteiger partial charge in [-0.25, -0.2) is 0 Å². The predicted octanol–water partition coefficient (Wildman–Crippen LogP) is 2.97. The molecule has 1 aliphatic rings. The minimum atomic E-state index is -0.0579. The van der Waals surface area contributed by atoms with E-state index in [-0.39, 0.29) is 5.91 Å². The molecular formula is C11H11Cl2NO2. The summed E-state index contributed by atoms with van der Waals surface area (Å²) in [4.78, 5) is 11.6. The normalized spacial score (nSPS) is 15.6. The van der Waals surface area contributed by atoms with Crippen LogP contribution in [0.2, 0.25) is 10.0 Å². The number of nitrogens with one attached hydrogen (secondary N) is 1. The van der Waals surface area contributed by atoms with Crippen LogP contribution in [0.1, 0.15) is 6.42 Å². The summed E-state index contributed by atoms with van der Waals surface area (Å²) < 4.78 is 5.00. The lowest BCUT2D eigenvalue weighted by atomic mass is 10.0. The summed E-state index contributed by atoms with van der Waals surface area (Å²) in [6, 6.07) is 4.98. The summed E-state index contributed by atoms with van der Waals surface area (Å²) in [6.45, 7) is 1.33. The molecule has 1 fully saturated rings. The summed E-state index contributed by atoms with van der Waals surface area (Å²) in [5, 5.41) is 3.78. The fraction of sp³-hybridized carbons (Fsp3) is 0.364. The van der Waals surface area contributed by atoms with Gasteiger partial charge in [-0.2, -0.15) is 0 Å². The summed E-state index contributed by atoms with van der Waals surface area (Å²) in [7, 11) is 0. The van der Waals surface area contributed by atoms with Crippen LogP contribution in [0.5, 0.6) is 0 Å². The Bertz CT molecular complexity index is 405. The molecule has 1 amide bonds. The van der Waals surface area contributed by atoms with Gasteiger partial charge >= 0.3 is 0 Å². The Balaban J connectivity index is 1.96. The van der Waals surface area contributed by atoms with E-state index in [0.29, 0.717) is 41.3 Å². The standard InChI is InChI=1S/C11H11Cl2NO2/c12-8-1-2-9(13)10(4-8)14-11(15)3-7-5-16-6-7/h1-2,4,7H,3,5-6H2,(H,14,15). The summed E-state index contributed by atoms with van der Waals surface area (Å²) >= 11 is 11.7. The second-order valence-corrected chi connectivity index (χ2v) is 4.62. The molecule has 0 radical (unpaired) electrons. The Morgan fingerprint density at radius 2 is 2.19 bits per heavy atom. The van der Waals surface area contributed by atoms with Crippen LogP contribution in [-0.4, -0.2) is 19.1 Å². The third-order valence-corrected chi connectivity index (χ3v) is 2.95. The van der Waals surface area contributed by atoms with Crippen molar-refractivity contribution in [1.82, 2.24) is 0 Å². The second-order valence-electron chi connectivity index (χ2n) is 3.78. The van der Waals surface area contributed by atoms with Gasteiger partial charge in [0.1, 0.15) is 0 Å². The molecule has 0 aromatic heterocycles. The first kappa shape index (κ1) is 11.7. The van der Waals surface area contributed by atoms with Crippen molar-refractivity contribution < 1.29 is 9.53 Å². The molecule has 3 nitrogen and oxygen atoms in total. The topological polar surface area (TPSA) is 38.3 Å². The molecule has 0 unspecified atom stereocenters. The van der Waals surface area contributed by atoms with Gasteiger partial charge in [-0.15, -0.1) is 0 Å². The van der Waals surface area contributed by atoms with Gasteiger partial charge < -0.3 is 10.1 Å². The molecule has 0 atom stereocenters. The molecule has 0 spiro atoms. The van der Waals surface area contributed by atoms with Gasteiger partial charge in [0, 0.05) is 17.4 Å². The second kappa shape index (κ2) is 5.04. The first-order valence-electron chi connectivity index (χ1n) is 4.98. The van der Waals surface area contributed by atoms with E-state index in [1.54, 1.807) is 18.2 Å². The van der Waals surface area contributed by atoms with Gasteiger partial charge in [0.25, 0.3) is 0 Å². The number of ether oxygens (including phenoxy) is 1. The predicted molar refractivity (Wildman–Crippen MR) is 64.0 cm³/mol. The van der Waals surface area contributed by atoms with Crippen molar-refractivity contribution in [1.29, 1.82) is 0 Å². The molecule has 2 rings (SSSR count). The molecule has 0 bridgehead atoms. The fourth-order valence-electron chi connectivity index (χ4n) is 1.46. The van der Waals surface area contributed by atoms with E-state index in [2.05, 4.69) is 5.32 Å².